The molecule has 0 saturated heterocycles. The van der Waals surface area contributed by atoms with Crippen molar-refractivity contribution in [2.75, 3.05) is 26.9 Å². The van der Waals surface area contributed by atoms with Gasteiger partial charge in [-0.3, -0.25) is 9.55 Å². The third kappa shape index (κ3) is 9.96. The summed E-state index contributed by atoms with van der Waals surface area (Å²) in [7, 11) is -0.737. The molecule has 0 aliphatic rings. The number of ether oxygens (including phenoxy) is 3. The maximum atomic E-state index is 6.26. The molecule has 0 atom stereocenters. The number of fused-ring (bicyclic) bond motifs is 1. The number of pyridine rings is 1. The van der Waals surface area contributed by atoms with Crippen LogP contribution < -0.4 is 10.1 Å². The number of aromatic nitrogens is 5. The van der Waals surface area contributed by atoms with Gasteiger partial charge >= 0.3 is 0 Å². The van der Waals surface area contributed by atoms with Crippen molar-refractivity contribution < 1.29 is 14.2 Å². The zero-order valence-corrected chi connectivity index (χ0v) is 29.8. The van der Waals surface area contributed by atoms with Crippen LogP contribution in [0.4, 0.5) is 0 Å². The number of nitrogens with one attached hydrogen (secondary N) is 1. The van der Waals surface area contributed by atoms with E-state index in [1.807, 2.05) is 41.5 Å². The third-order valence-electron chi connectivity index (χ3n) is 7.24. The number of methoxy groups -OCH3 is 1. The summed E-state index contributed by atoms with van der Waals surface area (Å²) in [6.07, 6.45) is 9.99. The van der Waals surface area contributed by atoms with E-state index in [2.05, 4.69) is 79.3 Å². The Morgan fingerprint density at radius 2 is 1.64 bits per heavy atom. The lowest BCUT2D eigenvalue weighted by Gasteiger charge is -2.16. The first kappa shape index (κ1) is 33.8. The first-order valence-electron chi connectivity index (χ1n) is 15.6. The minimum atomic E-state index is -1.23. The van der Waals surface area contributed by atoms with E-state index in [0.29, 0.717) is 20.1 Å². The molecule has 0 radical (unpaired) electrons. The van der Waals surface area contributed by atoms with Gasteiger partial charge < -0.3 is 19.5 Å². The highest BCUT2D eigenvalue weighted by Crippen LogP contribution is 2.30. The third-order valence-corrected chi connectivity index (χ3v) is 10.7. The van der Waals surface area contributed by atoms with Crippen LogP contribution in [0.2, 0.25) is 51.4 Å². The molecule has 11 heteroatoms. The standard InChI is InChI=1S/C33H50N6O3Si2/c1-9-34-21-27-18-26(20-35-22-27)10-11-28-23-38(24-41-14-16-43(3,4)5)37-32(28)33-36-30-13-12-29(40-2)19-31(30)39(33)25-42-15-17-44(6,7)8/h10-13,18-20,22-23,34H,9,14-17,21,24-25H2,1-8H3/b11-10+. The van der Waals surface area contributed by atoms with E-state index >= 15 is 0 Å². The number of hydrogen-bond acceptors (Lipinski definition) is 7. The normalized spacial score (nSPS) is 12.5. The van der Waals surface area contributed by atoms with Crippen LogP contribution >= 0.6 is 0 Å². The van der Waals surface area contributed by atoms with Crippen LogP contribution in [0.3, 0.4) is 0 Å². The number of imidazole rings is 1. The smallest absolute Gasteiger partial charge is 0.164 e. The van der Waals surface area contributed by atoms with Crippen LogP contribution in [0.15, 0.2) is 42.9 Å². The maximum Gasteiger partial charge on any atom is 0.164 e. The second-order valence-electron chi connectivity index (χ2n) is 13.6. The van der Waals surface area contributed by atoms with E-state index in [1.54, 1.807) is 7.11 Å². The van der Waals surface area contributed by atoms with Crippen molar-refractivity contribution in [3.05, 3.63) is 59.5 Å². The molecule has 1 N–H and O–H groups in total. The fourth-order valence-corrected chi connectivity index (χ4v) is 6.07. The van der Waals surface area contributed by atoms with Crippen LogP contribution in [0.25, 0.3) is 34.7 Å². The van der Waals surface area contributed by atoms with Gasteiger partial charge in [-0.2, -0.15) is 5.10 Å². The fraction of sp³-hybridized carbons (Fsp3) is 0.485. The van der Waals surface area contributed by atoms with E-state index in [1.165, 1.54) is 0 Å². The Morgan fingerprint density at radius 1 is 0.909 bits per heavy atom. The maximum absolute atomic E-state index is 6.26. The number of hydrogen-bond donors (Lipinski definition) is 1. The highest BCUT2D eigenvalue weighted by Gasteiger charge is 2.20. The SMILES string of the molecule is CCNCc1cncc(/C=C/c2cn(COCC[Si](C)(C)C)nc2-c2nc3ccc(OC)cc3n2COCC[Si](C)(C)C)c1. The number of nitrogens with zero attached hydrogens (tertiary/aromatic N) is 5. The predicted octanol–water partition coefficient (Wildman–Crippen LogP) is 7.21. The van der Waals surface area contributed by atoms with Gasteiger partial charge in [0.15, 0.2) is 5.82 Å². The van der Waals surface area contributed by atoms with Crippen molar-refractivity contribution in [3.8, 4) is 17.3 Å². The minimum Gasteiger partial charge on any atom is -0.497 e. The van der Waals surface area contributed by atoms with Crippen molar-refractivity contribution in [1.82, 2.24) is 29.6 Å². The van der Waals surface area contributed by atoms with Gasteiger partial charge in [0.25, 0.3) is 0 Å². The van der Waals surface area contributed by atoms with Gasteiger partial charge in [-0.15, -0.1) is 0 Å². The Hall–Kier alpha value is -3.10. The molecule has 0 bridgehead atoms. The van der Waals surface area contributed by atoms with Gasteiger partial charge in [0.1, 0.15) is 24.9 Å². The molecule has 9 nitrogen and oxygen atoms in total. The number of rotatable bonds is 17. The molecule has 0 amide bonds. The Labute approximate surface area is 264 Å². The minimum absolute atomic E-state index is 0.378. The Kier molecular flexibility index (Phi) is 11.7. The molecular weight excluding hydrogens is 585 g/mol. The van der Waals surface area contributed by atoms with E-state index in [0.717, 1.165) is 76.8 Å². The molecule has 3 aromatic heterocycles. The van der Waals surface area contributed by atoms with Crippen molar-refractivity contribution >= 4 is 39.3 Å². The van der Waals surface area contributed by atoms with Crippen LogP contribution in [0, 0.1) is 0 Å². The summed E-state index contributed by atoms with van der Waals surface area (Å²) in [5.74, 6) is 1.53. The quantitative estimate of drug-likeness (QED) is 0.0970. The second-order valence-corrected chi connectivity index (χ2v) is 24.9. The zero-order valence-electron chi connectivity index (χ0n) is 27.8. The van der Waals surface area contributed by atoms with E-state index in [-0.39, 0.29) is 0 Å². The fourth-order valence-electron chi connectivity index (χ4n) is 4.56. The molecule has 4 aromatic rings. The van der Waals surface area contributed by atoms with Gasteiger partial charge in [0.05, 0.1) is 18.1 Å². The van der Waals surface area contributed by atoms with Gasteiger partial charge in [0.2, 0.25) is 0 Å². The lowest BCUT2D eigenvalue weighted by molar-refractivity contribution is 0.0786. The van der Waals surface area contributed by atoms with Crippen molar-refractivity contribution in [3.63, 3.8) is 0 Å². The van der Waals surface area contributed by atoms with Crippen molar-refractivity contribution in [2.45, 2.75) is 78.3 Å². The molecule has 0 unspecified atom stereocenters. The van der Waals surface area contributed by atoms with Gasteiger partial charge in [-0.05, 0) is 48.0 Å². The van der Waals surface area contributed by atoms with Crippen LogP contribution in [-0.4, -0.2) is 67.3 Å². The Bertz CT molecular complexity index is 1530. The van der Waals surface area contributed by atoms with E-state index < -0.39 is 16.1 Å². The molecule has 1 aromatic carbocycles. The monoisotopic (exact) mass is 634 g/mol. The average Bonchev–Trinajstić information content (AvgIpc) is 3.55. The second kappa shape index (κ2) is 15.3. The summed E-state index contributed by atoms with van der Waals surface area (Å²) >= 11 is 0. The highest BCUT2D eigenvalue weighted by molar-refractivity contribution is 6.76. The zero-order chi connectivity index (χ0) is 31.7. The largest absolute Gasteiger partial charge is 0.497 e. The summed E-state index contributed by atoms with van der Waals surface area (Å²) in [5, 5.41) is 8.38. The van der Waals surface area contributed by atoms with Crippen LogP contribution in [-0.2, 0) is 29.5 Å². The lowest BCUT2D eigenvalue weighted by atomic mass is 10.1. The molecule has 0 spiro atoms. The lowest BCUT2D eigenvalue weighted by Crippen LogP contribution is -2.22. The Morgan fingerprint density at radius 3 is 2.32 bits per heavy atom. The topological polar surface area (TPSA) is 88.3 Å². The molecule has 0 aliphatic heterocycles. The molecule has 238 valence electrons. The molecule has 44 heavy (non-hydrogen) atoms. The summed E-state index contributed by atoms with van der Waals surface area (Å²) in [5.41, 5.74) is 5.71. The molecule has 4 rings (SSSR count). The molecule has 0 aliphatic carbocycles. The van der Waals surface area contributed by atoms with Gasteiger partial charge in [0, 0.05) is 66.1 Å². The summed E-state index contributed by atoms with van der Waals surface area (Å²) in [4.78, 5) is 9.51. The molecule has 0 saturated carbocycles. The number of benzene rings is 1. The average molecular weight is 635 g/mol. The predicted molar refractivity (Wildman–Crippen MR) is 186 cm³/mol. The first-order chi connectivity index (χ1) is 21.0. The molecular formula is C33H50N6O3Si2. The van der Waals surface area contributed by atoms with Crippen LogP contribution in [0.5, 0.6) is 5.75 Å². The summed E-state index contributed by atoms with van der Waals surface area (Å²) in [6.45, 7) is 20.2. The summed E-state index contributed by atoms with van der Waals surface area (Å²) in [6, 6.07) is 10.3. The van der Waals surface area contributed by atoms with Gasteiger partial charge in [-0.1, -0.05) is 58.4 Å². The van der Waals surface area contributed by atoms with Crippen molar-refractivity contribution in [2.24, 2.45) is 0 Å². The van der Waals surface area contributed by atoms with Crippen molar-refractivity contribution in [1.29, 1.82) is 0 Å². The van der Waals surface area contributed by atoms with Crippen LogP contribution in [0.1, 0.15) is 23.6 Å². The molecule has 3 heterocycles. The molecule has 0 fully saturated rings. The van der Waals surface area contributed by atoms with E-state index in [9.17, 15) is 0 Å². The highest BCUT2D eigenvalue weighted by atomic mass is 28.3. The first-order valence-corrected chi connectivity index (χ1v) is 23.0. The van der Waals surface area contributed by atoms with E-state index in [4.69, 9.17) is 24.3 Å². The summed E-state index contributed by atoms with van der Waals surface area (Å²) < 4.78 is 21.9. The Balaban J connectivity index is 1.71. The van der Waals surface area contributed by atoms with Gasteiger partial charge in [-0.25, -0.2) is 9.67 Å².